The molecule has 0 saturated heterocycles. The van der Waals surface area contributed by atoms with Crippen LogP contribution in [-0.4, -0.2) is 24.1 Å². The Morgan fingerprint density at radius 3 is 2.50 bits per heavy atom. The lowest BCUT2D eigenvalue weighted by Crippen LogP contribution is -2.44. The van der Waals surface area contributed by atoms with E-state index in [9.17, 15) is 9.59 Å². The van der Waals surface area contributed by atoms with Gasteiger partial charge in [-0.2, -0.15) is 0 Å². The number of Topliss-reactive ketones (excluding diaryl/α,β-unsaturated/α-hetero) is 1. The number of aliphatic imine (C=N–C) groups is 1. The number of ketones is 1. The molecule has 156 valence electrons. The molecule has 1 aliphatic heterocycles. The Kier molecular flexibility index (Phi) is 5.35. The molecule has 0 radical (unpaired) electrons. The normalized spacial score (nSPS) is 23.2. The van der Waals surface area contributed by atoms with E-state index >= 15 is 0 Å². The molecular formula is C26H29NO3. The molecule has 1 fully saturated rings. The van der Waals surface area contributed by atoms with Gasteiger partial charge in [-0.3, -0.25) is 9.79 Å². The second-order valence-corrected chi connectivity index (χ2v) is 9.08. The monoisotopic (exact) mass is 403 g/mol. The van der Waals surface area contributed by atoms with Gasteiger partial charge in [0.2, 0.25) is 0 Å². The number of allylic oxidation sites excluding steroid dienone is 1. The summed E-state index contributed by atoms with van der Waals surface area (Å²) in [5.41, 5.74) is 3.09. The second-order valence-electron chi connectivity index (χ2n) is 9.08. The van der Waals surface area contributed by atoms with Gasteiger partial charge in [0.05, 0.1) is 23.8 Å². The average molecular weight is 404 g/mol. The topological polar surface area (TPSA) is 55.7 Å². The van der Waals surface area contributed by atoms with Crippen molar-refractivity contribution in [3.05, 3.63) is 59.3 Å². The molecule has 0 N–H and O–H groups in total. The van der Waals surface area contributed by atoms with E-state index in [0.29, 0.717) is 25.0 Å². The van der Waals surface area contributed by atoms with Gasteiger partial charge in [0.15, 0.2) is 0 Å². The van der Waals surface area contributed by atoms with E-state index in [1.807, 2.05) is 19.1 Å². The largest absolute Gasteiger partial charge is 0.463 e. The summed E-state index contributed by atoms with van der Waals surface area (Å²) in [6.45, 7) is 8.34. The molecule has 1 aliphatic carbocycles. The highest BCUT2D eigenvalue weighted by Gasteiger charge is 2.47. The maximum Gasteiger partial charge on any atom is 0.336 e. The zero-order valence-corrected chi connectivity index (χ0v) is 18.2. The van der Waals surface area contributed by atoms with Crippen LogP contribution in [0.15, 0.2) is 58.7 Å². The molecule has 4 nitrogen and oxygen atoms in total. The summed E-state index contributed by atoms with van der Waals surface area (Å²) in [6.07, 6.45) is 1.90. The number of rotatable bonds is 4. The minimum Gasteiger partial charge on any atom is -0.463 e. The minimum absolute atomic E-state index is 0.110. The van der Waals surface area contributed by atoms with Gasteiger partial charge in [0.1, 0.15) is 5.78 Å². The van der Waals surface area contributed by atoms with Gasteiger partial charge in [-0.15, -0.1) is 0 Å². The third-order valence-corrected chi connectivity index (χ3v) is 6.22. The molecular weight excluding hydrogens is 374 g/mol. The van der Waals surface area contributed by atoms with Crippen LogP contribution in [0, 0.1) is 11.3 Å². The van der Waals surface area contributed by atoms with Gasteiger partial charge in [-0.05, 0) is 41.5 Å². The average Bonchev–Trinajstić information content (AvgIpc) is 2.71. The Balaban J connectivity index is 1.92. The van der Waals surface area contributed by atoms with Crippen LogP contribution in [-0.2, 0) is 14.3 Å². The smallest absolute Gasteiger partial charge is 0.336 e. The van der Waals surface area contributed by atoms with E-state index in [1.165, 1.54) is 0 Å². The predicted molar refractivity (Wildman–Crippen MR) is 120 cm³/mol. The van der Waals surface area contributed by atoms with E-state index in [1.54, 1.807) is 6.92 Å². The van der Waals surface area contributed by atoms with Crippen LogP contribution in [0.3, 0.4) is 0 Å². The van der Waals surface area contributed by atoms with Crippen molar-refractivity contribution in [3.8, 4) is 0 Å². The number of esters is 1. The van der Waals surface area contributed by atoms with Crippen molar-refractivity contribution >= 4 is 28.2 Å². The first kappa shape index (κ1) is 20.5. The Labute approximate surface area is 178 Å². The number of fused-ring (bicyclic) bond motifs is 2. The highest BCUT2D eigenvalue weighted by atomic mass is 16.5. The highest BCUT2D eigenvalue weighted by molar-refractivity contribution is 6.12. The summed E-state index contributed by atoms with van der Waals surface area (Å²) in [7, 11) is 0. The second kappa shape index (κ2) is 7.82. The molecule has 2 unspecified atom stereocenters. The van der Waals surface area contributed by atoms with Crippen LogP contribution in [0.5, 0.6) is 0 Å². The number of nitrogens with zero attached hydrogens (tertiary/aromatic N) is 1. The van der Waals surface area contributed by atoms with Crippen LogP contribution >= 0.6 is 0 Å². The fourth-order valence-corrected chi connectivity index (χ4v) is 4.98. The molecule has 30 heavy (non-hydrogen) atoms. The van der Waals surface area contributed by atoms with Crippen molar-refractivity contribution in [2.24, 2.45) is 16.3 Å². The summed E-state index contributed by atoms with van der Waals surface area (Å²) < 4.78 is 5.43. The zero-order chi connectivity index (χ0) is 21.5. The van der Waals surface area contributed by atoms with Gasteiger partial charge >= 0.3 is 5.97 Å². The molecule has 2 aromatic carbocycles. The van der Waals surface area contributed by atoms with E-state index in [0.717, 1.165) is 34.2 Å². The Hall–Kier alpha value is -2.75. The number of hydrogen-bond donors (Lipinski definition) is 0. The fraction of sp³-hybridized carbons (Fsp3) is 0.423. The SMILES string of the molecule is CCOC(=O)C1=C(CC)N=C2CC(C)(C)CC(=O)C2C1c1ccc2ccccc2c1. The first-order chi connectivity index (χ1) is 14.3. The number of carbonyl (C=O) groups excluding carboxylic acids is 2. The molecule has 4 rings (SSSR count). The van der Waals surface area contributed by atoms with Crippen LogP contribution in [0.2, 0.25) is 0 Å². The third kappa shape index (κ3) is 3.60. The van der Waals surface area contributed by atoms with Crippen molar-refractivity contribution in [1.82, 2.24) is 0 Å². The number of benzene rings is 2. The van der Waals surface area contributed by atoms with Crippen molar-refractivity contribution in [2.45, 2.75) is 52.9 Å². The Morgan fingerprint density at radius 2 is 1.80 bits per heavy atom. The van der Waals surface area contributed by atoms with Crippen molar-refractivity contribution in [1.29, 1.82) is 0 Å². The maximum absolute atomic E-state index is 13.4. The molecule has 0 aromatic heterocycles. The summed E-state index contributed by atoms with van der Waals surface area (Å²) in [4.78, 5) is 31.3. The Bertz CT molecular complexity index is 1080. The number of ether oxygens (including phenoxy) is 1. The van der Waals surface area contributed by atoms with Gasteiger partial charge in [0, 0.05) is 18.1 Å². The van der Waals surface area contributed by atoms with Gasteiger partial charge in [-0.25, -0.2) is 4.79 Å². The standard InChI is InChI=1S/C26H29NO3/c1-5-19-24(25(29)30-6-2)22(18-12-11-16-9-7-8-10-17(16)13-18)23-20(27-19)14-26(3,4)15-21(23)28/h7-13,22-23H,5-6,14-15H2,1-4H3. The summed E-state index contributed by atoms with van der Waals surface area (Å²) in [5, 5.41) is 2.24. The molecule has 0 bridgehead atoms. The van der Waals surface area contributed by atoms with Crippen LogP contribution in [0.4, 0.5) is 0 Å². The van der Waals surface area contributed by atoms with Crippen molar-refractivity contribution in [3.63, 3.8) is 0 Å². The van der Waals surface area contributed by atoms with E-state index in [4.69, 9.17) is 9.73 Å². The fourth-order valence-electron chi connectivity index (χ4n) is 4.98. The van der Waals surface area contributed by atoms with Crippen molar-refractivity contribution in [2.75, 3.05) is 6.61 Å². The van der Waals surface area contributed by atoms with Crippen LogP contribution in [0.25, 0.3) is 10.8 Å². The van der Waals surface area contributed by atoms with E-state index in [2.05, 4.69) is 44.2 Å². The maximum atomic E-state index is 13.4. The quantitative estimate of drug-likeness (QED) is 0.624. The molecule has 0 amide bonds. The summed E-state index contributed by atoms with van der Waals surface area (Å²) in [6, 6.07) is 14.4. The molecule has 1 saturated carbocycles. The predicted octanol–water partition coefficient (Wildman–Crippen LogP) is 5.61. The van der Waals surface area contributed by atoms with Crippen LogP contribution in [0.1, 0.15) is 58.4 Å². The lowest BCUT2D eigenvalue weighted by molar-refractivity contribution is -0.139. The Morgan fingerprint density at radius 1 is 1.07 bits per heavy atom. The lowest BCUT2D eigenvalue weighted by atomic mass is 9.63. The highest BCUT2D eigenvalue weighted by Crippen LogP contribution is 2.47. The zero-order valence-electron chi connectivity index (χ0n) is 18.2. The number of hydrogen-bond acceptors (Lipinski definition) is 4. The molecule has 2 atom stereocenters. The third-order valence-electron chi connectivity index (χ3n) is 6.22. The first-order valence-corrected chi connectivity index (χ1v) is 10.8. The van der Waals surface area contributed by atoms with E-state index < -0.39 is 5.92 Å². The lowest BCUT2D eigenvalue weighted by Gasteiger charge is -2.41. The summed E-state index contributed by atoms with van der Waals surface area (Å²) in [5.74, 6) is -0.929. The molecule has 2 aliphatic rings. The molecule has 1 heterocycles. The summed E-state index contributed by atoms with van der Waals surface area (Å²) >= 11 is 0. The van der Waals surface area contributed by atoms with Crippen LogP contribution < -0.4 is 0 Å². The molecule has 0 spiro atoms. The van der Waals surface area contributed by atoms with Gasteiger partial charge in [-0.1, -0.05) is 63.2 Å². The minimum atomic E-state index is -0.395. The van der Waals surface area contributed by atoms with Crippen molar-refractivity contribution < 1.29 is 14.3 Å². The number of carbonyl (C=O) groups is 2. The molecule has 4 heteroatoms. The molecule has 2 aromatic rings. The first-order valence-electron chi connectivity index (χ1n) is 10.8. The van der Waals surface area contributed by atoms with E-state index in [-0.39, 0.29) is 23.1 Å². The van der Waals surface area contributed by atoms with Gasteiger partial charge < -0.3 is 4.74 Å². The van der Waals surface area contributed by atoms with Gasteiger partial charge in [0.25, 0.3) is 0 Å².